The first kappa shape index (κ1) is 14.8. The van der Waals surface area contributed by atoms with E-state index < -0.39 is 0 Å². The minimum absolute atomic E-state index is 0.670. The first-order chi connectivity index (χ1) is 11.3. The molecule has 0 N–H and O–H groups in total. The second kappa shape index (κ2) is 6.00. The second-order valence-corrected chi connectivity index (χ2v) is 7.04. The largest absolute Gasteiger partial charge is 0.0616 e. The molecule has 0 spiro atoms. The summed E-state index contributed by atoms with van der Waals surface area (Å²) in [5.41, 5.74) is 11.0. The van der Waals surface area contributed by atoms with Crippen molar-refractivity contribution in [2.24, 2.45) is 0 Å². The van der Waals surface area contributed by atoms with Crippen LogP contribution in [0.3, 0.4) is 0 Å². The smallest absolute Gasteiger partial charge is 0.0266 e. The van der Waals surface area contributed by atoms with Crippen LogP contribution in [0.5, 0.6) is 0 Å². The zero-order chi connectivity index (χ0) is 15.8. The molecule has 0 saturated heterocycles. The van der Waals surface area contributed by atoms with Crippen LogP contribution < -0.4 is 0 Å². The topological polar surface area (TPSA) is 0 Å². The molecule has 118 valence electrons. The Labute approximate surface area is 140 Å². The number of aryl methyl sites for hydroxylation is 4. The Morgan fingerprint density at radius 2 is 1.22 bits per heavy atom. The Kier molecular flexibility index (Phi) is 3.85. The van der Waals surface area contributed by atoms with E-state index in [1.165, 1.54) is 36.0 Å². The molecule has 0 unspecified atom stereocenters. The van der Waals surface area contributed by atoms with Gasteiger partial charge < -0.3 is 0 Å². The monoisotopic (exact) mass is 302 g/mol. The van der Waals surface area contributed by atoms with E-state index >= 15 is 0 Å². The van der Waals surface area contributed by atoms with Crippen molar-refractivity contribution in [1.82, 2.24) is 0 Å². The van der Waals surface area contributed by atoms with Gasteiger partial charge in [0.15, 0.2) is 0 Å². The molecule has 0 aliphatic heterocycles. The molecule has 5 aliphatic rings. The van der Waals surface area contributed by atoms with Crippen molar-refractivity contribution in [2.45, 2.75) is 58.3 Å². The van der Waals surface area contributed by atoms with Crippen molar-refractivity contribution in [1.29, 1.82) is 0 Å². The van der Waals surface area contributed by atoms with Crippen molar-refractivity contribution in [3.8, 4) is 0 Å². The van der Waals surface area contributed by atoms with Gasteiger partial charge in [0.05, 0.1) is 0 Å². The maximum Gasteiger partial charge on any atom is 0.0266 e. The highest BCUT2D eigenvalue weighted by Crippen LogP contribution is 2.52. The molecule has 23 heavy (non-hydrogen) atoms. The standard InChI is InChI=1S/C23H26/c1-3-20-21(4-2)23(20)22-15-18-10-9-16-5-7-17(8-6-16)11-13-19(22)14-12-18/h5-8,12,14-15,23H,3-4,9-11,13H2,1-2H3. The average Bonchev–Trinajstić information content (AvgIpc) is 3.30. The van der Waals surface area contributed by atoms with Gasteiger partial charge in [-0.1, -0.05) is 67.5 Å². The lowest BCUT2D eigenvalue weighted by atomic mass is 9.89. The Balaban J connectivity index is 1.70. The summed E-state index contributed by atoms with van der Waals surface area (Å²) in [5.74, 6) is 0.670. The van der Waals surface area contributed by atoms with Gasteiger partial charge in [-0.25, -0.2) is 0 Å². The molecule has 0 saturated carbocycles. The molecule has 0 radical (unpaired) electrons. The molecule has 4 bridgehead atoms. The van der Waals surface area contributed by atoms with E-state index in [0.717, 1.165) is 19.3 Å². The third kappa shape index (κ3) is 2.76. The molecule has 0 atom stereocenters. The number of hydrogen-bond acceptors (Lipinski definition) is 0. The summed E-state index contributed by atoms with van der Waals surface area (Å²) < 4.78 is 0. The van der Waals surface area contributed by atoms with Crippen molar-refractivity contribution in [2.75, 3.05) is 0 Å². The van der Waals surface area contributed by atoms with Crippen LogP contribution in [-0.4, -0.2) is 0 Å². The molecular formula is C23H26. The van der Waals surface area contributed by atoms with Crippen LogP contribution in [0.2, 0.25) is 0 Å². The van der Waals surface area contributed by atoms with Crippen LogP contribution in [0.4, 0.5) is 0 Å². The third-order valence-electron chi connectivity index (χ3n) is 5.72. The normalized spacial score (nSPS) is 17.3. The lowest BCUT2D eigenvalue weighted by Crippen LogP contribution is -2.02. The van der Waals surface area contributed by atoms with Crippen LogP contribution in [-0.2, 0) is 25.7 Å². The lowest BCUT2D eigenvalue weighted by Gasteiger charge is -2.15. The van der Waals surface area contributed by atoms with Gasteiger partial charge in [0.1, 0.15) is 0 Å². The van der Waals surface area contributed by atoms with Crippen molar-refractivity contribution < 1.29 is 0 Å². The maximum atomic E-state index is 2.52. The van der Waals surface area contributed by atoms with E-state index in [-0.39, 0.29) is 0 Å². The minimum atomic E-state index is 0.670. The number of hydrogen-bond donors (Lipinski definition) is 0. The van der Waals surface area contributed by atoms with E-state index in [1.807, 2.05) is 0 Å². The van der Waals surface area contributed by atoms with Gasteiger partial charge in [-0.3, -0.25) is 0 Å². The fourth-order valence-electron chi connectivity index (χ4n) is 4.29. The number of allylic oxidation sites excluding steroid dienone is 2. The van der Waals surface area contributed by atoms with Crippen molar-refractivity contribution >= 4 is 0 Å². The van der Waals surface area contributed by atoms with E-state index in [2.05, 4.69) is 56.3 Å². The second-order valence-electron chi connectivity index (χ2n) is 7.04. The van der Waals surface area contributed by atoms with Crippen molar-refractivity contribution in [3.05, 3.63) is 81.4 Å². The van der Waals surface area contributed by atoms with E-state index in [0.29, 0.717) is 5.92 Å². The van der Waals surface area contributed by atoms with Crippen LogP contribution in [0.15, 0.2) is 53.6 Å². The summed E-state index contributed by atoms with van der Waals surface area (Å²) in [6.45, 7) is 4.63. The fourth-order valence-corrected chi connectivity index (χ4v) is 4.29. The summed E-state index contributed by atoms with van der Waals surface area (Å²) in [7, 11) is 0. The summed E-state index contributed by atoms with van der Waals surface area (Å²) in [4.78, 5) is 0. The van der Waals surface area contributed by atoms with Crippen LogP contribution >= 0.6 is 0 Å². The number of rotatable bonds is 3. The Bertz CT molecular complexity index is 732. The van der Waals surface area contributed by atoms with Crippen LogP contribution in [0.25, 0.3) is 0 Å². The summed E-state index contributed by atoms with van der Waals surface area (Å²) >= 11 is 0. The van der Waals surface area contributed by atoms with E-state index in [4.69, 9.17) is 0 Å². The van der Waals surface area contributed by atoms with Gasteiger partial charge in [-0.05, 0) is 66.3 Å². The molecule has 0 heterocycles. The van der Waals surface area contributed by atoms with Crippen LogP contribution in [0, 0.1) is 0 Å². The van der Waals surface area contributed by atoms with Gasteiger partial charge >= 0.3 is 0 Å². The van der Waals surface area contributed by atoms with Gasteiger partial charge in [-0.2, -0.15) is 0 Å². The first-order valence-electron chi connectivity index (χ1n) is 9.21. The Morgan fingerprint density at radius 1 is 0.696 bits per heavy atom. The van der Waals surface area contributed by atoms with E-state index in [9.17, 15) is 0 Å². The molecule has 7 rings (SSSR count). The SMILES string of the molecule is CCC1=C(CC)C1c1cc2ccc1CCc1ccc(cc1)CC2. The molecule has 2 aromatic rings. The van der Waals surface area contributed by atoms with Crippen molar-refractivity contribution in [3.63, 3.8) is 0 Å². The van der Waals surface area contributed by atoms with Gasteiger partial charge in [-0.15, -0.1) is 0 Å². The molecule has 2 aromatic carbocycles. The highest BCUT2D eigenvalue weighted by atomic mass is 14.4. The average molecular weight is 302 g/mol. The van der Waals surface area contributed by atoms with E-state index in [1.54, 1.807) is 22.3 Å². The molecule has 0 heteroatoms. The highest BCUT2D eigenvalue weighted by molar-refractivity contribution is 5.57. The fraction of sp³-hybridized carbons (Fsp3) is 0.391. The number of benzene rings is 2. The molecule has 5 aliphatic carbocycles. The Morgan fingerprint density at radius 3 is 1.83 bits per heavy atom. The predicted octanol–water partition coefficient (Wildman–Crippen LogP) is 5.78. The quantitative estimate of drug-likeness (QED) is 0.630. The zero-order valence-electron chi connectivity index (χ0n) is 14.4. The highest BCUT2D eigenvalue weighted by Gasteiger charge is 2.35. The molecular weight excluding hydrogens is 276 g/mol. The molecule has 0 amide bonds. The van der Waals surface area contributed by atoms with Gasteiger partial charge in [0.2, 0.25) is 0 Å². The minimum Gasteiger partial charge on any atom is -0.0616 e. The molecule has 0 aromatic heterocycles. The van der Waals surface area contributed by atoms with Gasteiger partial charge in [0, 0.05) is 5.92 Å². The third-order valence-corrected chi connectivity index (χ3v) is 5.72. The summed E-state index contributed by atoms with van der Waals surface area (Å²) in [5, 5.41) is 0. The summed E-state index contributed by atoms with van der Waals surface area (Å²) in [6.07, 6.45) is 7.07. The lowest BCUT2D eigenvalue weighted by molar-refractivity contribution is 0.889. The zero-order valence-corrected chi connectivity index (χ0v) is 14.4. The predicted molar refractivity (Wildman–Crippen MR) is 98.0 cm³/mol. The first-order valence-corrected chi connectivity index (χ1v) is 9.21. The molecule has 0 nitrogen and oxygen atoms in total. The maximum absolute atomic E-state index is 2.52. The molecule has 0 fully saturated rings. The Hall–Kier alpha value is -1.82. The van der Waals surface area contributed by atoms with Gasteiger partial charge in [0.25, 0.3) is 0 Å². The van der Waals surface area contributed by atoms with Crippen LogP contribution in [0.1, 0.15) is 60.4 Å². The summed E-state index contributed by atoms with van der Waals surface area (Å²) in [6, 6.07) is 16.6.